The number of hydrogen-bond acceptors (Lipinski definition) is 6. The third-order valence-electron chi connectivity index (χ3n) is 8.79. The third-order valence-corrected chi connectivity index (χ3v) is 9.48. The molecule has 6 aliphatic rings. The molecular weight excluding hydrogens is 410 g/mol. The molecule has 3 unspecified atom stereocenters. The van der Waals surface area contributed by atoms with Crippen LogP contribution in [0.2, 0.25) is 0 Å². The second-order valence-electron chi connectivity index (χ2n) is 10.5. The molecule has 164 valence electrons. The predicted molar refractivity (Wildman–Crippen MR) is 116 cm³/mol. The standard InChI is InChI=1S/C24H29N3O3S/c28-22(15-6-7-31-13-15)25-19-12-29-21-20-17(11-30-24(19,20)21)18-10-23(18)9-16(26-27-23)8-14-4-2-1-3-5-14/h6-7,9,13-14,17-21H,1-5,8,10-12H2,(H,25,28)/t17?,18?,19-,20-,21+,23?,24-/m0/s1. The van der Waals surface area contributed by atoms with Gasteiger partial charge in [0.2, 0.25) is 0 Å². The van der Waals surface area contributed by atoms with Gasteiger partial charge in [0.1, 0.15) is 11.1 Å². The van der Waals surface area contributed by atoms with Crippen LogP contribution >= 0.6 is 11.3 Å². The molecule has 1 aromatic heterocycles. The van der Waals surface area contributed by atoms with E-state index < -0.39 is 0 Å². The summed E-state index contributed by atoms with van der Waals surface area (Å²) in [6.45, 7) is 1.30. The van der Waals surface area contributed by atoms with Crippen molar-refractivity contribution in [3.8, 4) is 0 Å². The maximum Gasteiger partial charge on any atom is 0.252 e. The van der Waals surface area contributed by atoms with Gasteiger partial charge in [0.15, 0.2) is 0 Å². The molecule has 3 saturated carbocycles. The monoisotopic (exact) mass is 439 g/mol. The highest BCUT2D eigenvalue weighted by Gasteiger charge is 2.83. The fourth-order valence-corrected chi connectivity index (χ4v) is 7.73. The summed E-state index contributed by atoms with van der Waals surface area (Å²) in [6.07, 6.45) is 11.5. The number of ether oxygens (including phenoxy) is 2. The minimum Gasteiger partial charge on any atom is -0.372 e. The van der Waals surface area contributed by atoms with Crippen LogP contribution in [0.4, 0.5) is 0 Å². The second-order valence-corrected chi connectivity index (χ2v) is 11.3. The summed E-state index contributed by atoms with van der Waals surface area (Å²) in [5.74, 6) is 2.12. The Morgan fingerprint density at radius 1 is 1.26 bits per heavy atom. The van der Waals surface area contributed by atoms with Crippen LogP contribution in [0, 0.1) is 23.7 Å². The highest BCUT2D eigenvalue weighted by molar-refractivity contribution is 7.08. The lowest BCUT2D eigenvalue weighted by Crippen LogP contribution is -2.46. The van der Waals surface area contributed by atoms with Gasteiger partial charge in [0.25, 0.3) is 5.91 Å². The number of carbonyl (C=O) groups excluding carboxylic acids is 1. The number of allylic oxidation sites excluding steroid dienone is 1. The molecule has 5 fully saturated rings. The molecule has 1 aromatic rings. The fraction of sp³-hybridized carbons (Fsp3) is 0.708. The Morgan fingerprint density at radius 2 is 2.16 bits per heavy atom. The van der Waals surface area contributed by atoms with Crippen molar-refractivity contribution in [2.45, 2.75) is 68.2 Å². The van der Waals surface area contributed by atoms with Crippen LogP contribution in [0.3, 0.4) is 0 Å². The van der Waals surface area contributed by atoms with Crippen LogP contribution in [0.5, 0.6) is 0 Å². The van der Waals surface area contributed by atoms with Gasteiger partial charge in [-0.15, -0.1) is 0 Å². The highest BCUT2D eigenvalue weighted by Crippen LogP contribution is 2.70. The zero-order chi connectivity index (χ0) is 20.6. The molecular formula is C24H29N3O3S. The van der Waals surface area contributed by atoms with Crippen molar-refractivity contribution >= 4 is 17.2 Å². The summed E-state index contributed by atoms with van der Waals surface area (Å²) < 4.78 is 12.5. The molecule has 2 saturated heterocycles. The molecule has 31 heavy (non-hydrogen) atoms. The Balaban J connectivity index is 1.02. The topological polar surface area (TPSA) is 72.3 Å². The zero-order valence-electron chi connectivity index (χ0n) is 17.7. The molecule has 3 aliphatic carbocycles. The van der Waals surface area contributed by atoms with Crippen LogP contribution in [0.25, 0.3) is 0 Å². The van der Waals surface area contributed by atoms with Gasteiger partial charge in [-0.1, -0.05) is 32.1 Å². The lowest BCUT2D eigenvalue weighted by atomic mass is 9.86. The Kier molecular flexibility index (Phi) is 4.11. The van der Waals surface area contributed by atoms with Gasteiger partial charge in [-0.2, -0.15) is 21.6 Å². The van der Waals surface area contributed by atoms with Crippen LogP contribution in [0.1, 0.15) is 55.3 Å². The van der Waals surface area contributed by atoms with Crippen LogP contribution in [-0.4, -0.2) is 42.4 Å². The fourth-order valence-electron chi connectivity index (χ4n) is 7.10. The zero-order valence-corrected chi connectivity index (χ0v) is 18.5. The van der Waals surface area contributed by atoms with Gasteiger partial charge < -0.3 is 14.8 Å². The van der Waals surface area contributed by atoms with Gasteiger partial charge >= 0.3 is 0 Å². The van der Waals surface area contributed by atoms with Crippen LogP contribution < -0.4 is 5.32 Å². The van der Waals surface area contributed by atoms with Crippen molar-refractivity contribution in [3.05, 3.63) is 34.2 Å². The molecule has 0 bridgehead atoms. The van der Waals surface area contributed by atoms with E-state index in [4.69, 9.17) is 14.6 Å². The average Bonchev–Trinajstić information content (AvgIpc) is 3.27. The smallest absolute Gasteiger partial charge is 0.252 e. The minimum atomic E-state index is -0.315. The van der Waals surface area contributed by atoms with E-state index in [2.05, 4.69) is 16.5 Å². The van der Waals surface area contributed by atoms with Crippen LogP contribution in [-0.2, 0) is 9.47 Å². The van der Waals surface area contributed by atoms with Crippen molar-refractivity contribution in [1.82, 2.24) is 5.32 Å². The molecule has 0 radical (unpaired) electrons. The predicted octanol–water partition coefficient (Wildman–Crippen LogP) is 4.34. The number of nitrogens with zero attached hydrogens (tertiary/aromatic N) is 2. The van der Waals surface area contributed by atoms with Crippen molar-refractivity contribution in [3.63, 3.8) is 0 Å². The Hall–Kier alpha value is -1.57. The van der Waals surface area contributed by atoms with Crippen molar-refractivity contribution < 1.29 is 14.3 Å². The summed E-state index contributed by atoms with van der Waals surface area (Å²) in [4.78, 5) is 12.6. The van der Waals surface area contributed by atoms with Crippen molar-refractivity contribution in [2.24, 2.45) is 33.9 Å². The van der Waals surface area contributed by atoms with E-state index in [0.717, 1.165) is 30.9 Å². The van der Waals surface area contributed by atoms with Gasteiger partial charge in [-0.05, 0) is 48.1 Å². The van der Waals surface area contributed by atoms with E-state index in [0.29, 0.717) is 24.4 Å². The molecule has 0 aromatic carbocycles. The average molecular weight is 440 g/mol. The van der Waals surface area contributed by atoms with E-state index in [1.54, 1.807) is 11.3 Å². The highest BCUT2D eigenvalue weighted by atomic mass is 32.1. The lowest BCUT2D eigenvalue weighted by molar-refractivity contribution is 0.0257. The van der Waals surface area contributed by atoms with Crippen LogP contribution in [0.15, 0.2) is 38.8 Å². The van der Waals surface area contributed by atoms with E-state index in [9.17, 15) is 4.79 Å². The number of amides is 1. The number of fused-ring (bicyclic) bond motifs is 1. The van der Waals surface area contributed by atoms with E-state index in [1.165, 1.54) is 37.8 Å². The molecule has 4 heterocycles. The maximum atomic E-state index is 12.6. The maximum absolute atomic E-state index is 12.6. The van der Waals surface area contributed by atoms with E-state index in [1.807, 2.05) is 16.8 Å². The van der Waals surface area contributed by atoms with Gasteiger partial charge in [-0.3, -0.25) is 4.79 Å². The summed E-state index contributed by atoms with van der Waals surface area (Å²) in [5, 5.41) is 16.4. The number of hydrogen-bond donors (Lipinski definition) is 1. The summed E-state index contributed by atoms with van der Waals surface area (Å²) >= 11 is 1.54. The lowest BCUT2D eigenvalue weighted by Gasteiger charge is -2.21. The largest absolute Gasteiger partial charge is 0.372 e. The third kappa shape index (κ3) is 2.79. The summed E-state index contributed by atoms with van der Waals surface area (Å²) in [6, 6.07) is 1.81. The number of thiophene rings is 1. The molecule has 1 N–H and O–H groups in total. The first-order valence-corrected chi connectivity index (χ1v) is 12.9. The quantitative estimate of drug-likeness (QED) is 0.742. The Morgan fingerprint density at radius 3 is 3.00 bits per heavy atom. The molecule has 3 aliphatic heterocycles. The first-order chi connectivity index (χ1) is 15.2. The van der Waals surface area contributed by atoms with Crippen molar-refractivity contribution in [1.29, 1.82) is 0 Å². The molecule has 1 amide bonds. The Bertz CT molecular complexity index is 955. The van der Waals surface area contributed by atoms with E-state index in [-0.39, 0.29) is 29.2 Å². The summed E-state index contributed by atoms with van der Waals surface area (Å²) in [7, 11) is 0. The van der Waals surface area contributed by atoms with Gasteiger partial charge in [0, 0.05) is 16.9 Å². The molecule has 7 rings (SSSR count). The Labute approximate surface area is 186 Å². The SMILES string of the molecule is O=C(N[C@H]1CO[C@@H]2[C@@H]3C(C4CC45C=C(CC4CCCCC4)N=N5)CO[C@]123)c1ccsc1. The second kappa shape index (κ2) is 6.72. The van der Waals surface area contributed by atoms with Gasteiger partial charge in [-0.25, -0.2) is 0 Å². The number of rotatable bonds is 5. The molecule has 2 spiro atoms. The molecule has 7 atom stereocenters. The number of nitrogens with one attached hydrogen (secondary N) is 1. The molecule has 7 heteroatoms. The number of azo groups is 1. The minimum absolute atomic E-state index is 0.0228. The normalized spacial score (nSPS) is 44.9. The first kappa shape index (κ1) is 18.9. The first-order valence-electron chi connectivity index (χ1n) is 11.9. The number of carbonyl (C=O) groups is 1. The van der Waals surface area contributed by atoms with E-state index >= 15 is 0 Å². The van der Waals surface area contributed by atoms with Crippen molar-refractivity contribution in [2.75, 3.05) is 13.2 Å². The summed E-state index contributed by atoms with van der Waals surface area (Å²) in [5.41, 5.74) is 1.55. The van der Waals surface area contributed by atoms with Gasteiger partial charge in [0.05, 0.1) is 31.1 Å². The molecule has 6 nitrogen and oxygen atoms in total.